The van der Waals surface area contributed by atoms with E-state index in [1.807, 2.05) is 0 Å². The second-order valence-corrected chi connectivity index (χ2v) is 5.51. The van der Waals surface area contributed by atoms with Gasteiger partial charge in [-0.1, -0.05) is 12.1 Å². The van der Waals surface area contributed by atoms with Crippen molar-refractivity contribution < 1.29 is 27.5 Å². The molecule has 0 radical (unpaired) electrons. The van der Waals surface area contributed by atoms with Crippen molar-refractivity contribution >= 4 is 11.9 Å². The third-order valence-electron chi connectivity index (χ3n) is 3.60. The first-order chi connectivity index (χ1) is 12.6. The molecule has 1 amide bonds. The molecule has 144 valence electrons. The average molecular weight is 383 g/mol. The Balaban J connectivity index is 2.42. The Hall–Kier alpha value is -3.17. The highest BCUT2D eigenvalue weighted by Gasteiger charge is 2.34. The minimum absolute atomic E-state index is 0.111. The van der Waals surface area contributed by atoms with Crippen LogP contribution in [0.4, 0.5) is 13.2 Å². The smallest absolute Gasteiger partial charge is 0.418 e. The lowest BCUT2D eigenvalue weighted by Gasteiger charge is -2.16. The molecule has 0 aliphatic carbocycles. The van der Waals surface area contributed by atoms with Gasteiger partial charge in [0.25, 0.3) is 5.91 Å². The van der Waals surface area contributed by atoms with Gasteiger partial charge in [0.2, 0.25) is 5.43 Å². The molecule has 2 aromatic rings. The van der Waals surface area contributed by atoms with Crippen molar-refractivity contribution in [3.05, 3.63) is 57.5 Å². The first-order valence-electron chi connectivity index (χ1n) is 7.77. The maximum Gasteiger partial charge on any atom is 0.418 e. The molecule has 10 heteroatoms. The van der Waals surface area contributed by atoms with Gasteiger partial charge < -0.3 is 10.1 Å². The molecule has 0 aliphatic rings. The SMILES string of the molecule is COC(=O)CCNC(=O)c1nn(-c2ccccc2C(F)(F)F)c(C)cc1=O. The van der Waals surface area contributed by atoms with E-state index in [9.17, 15) is 27.6 Å². The molecular weight excluding hydrogens is 367 g/mol. The van der Waals surface area contributed by atoms with Crippen molar-refractivity contribution in [2.75, 3.05) is 13.7 Å². The number of methoxy groups -OCH3 is 1. The highest BCUT2D eigenvalue weighted by molar-refractivity contribution is 5.92. The summed E-state index contributed by atoms with van der Waals surface area (Å²) < 4.78 is 45.1. The molecule has 1 aromatic carbocycles. The zero-order chi connectivity index (χ0) is 20.2. The molecule has 1 aromatic heterocycles. The monoisotopic (exact) mass is 383 g/mol. The van der Waals surface area contributed by atoms with E-state index in [4.69, 9.17) is 0 Å². The summed E-state index contributed by atoms with van der Waals surface area (Å²) in [7, 11) is 1.18. The number of aryl methyl sites for hydroxylation is 1. The fourth-order valence-corrected chi connectivity index (χ4v) is 2.31. The predicted molar refractivity (Wildman–Crippen MR) is 88.5 cm³/mol. The predicted octanol–water partition coefficient (Wildman–Crippen LogP) is 1.85. The van der Waals surface area contributed by atoms with Gasteiger partial charge in [-0.25, -0.2) is 4.68 Å². The van der Waals surface area contributed by atoms with Crippen molar-refractivity contribution in [1.82, 2.24) is 15.1 Å². The van der Waals surface area contributed by atoms with Crippen LogP contribution < -0.4 is 10.7 Å². The molecule has 7 nitrogen and oxygen atoms in total. The fourth-order valence-electron chi connectivity index (χ4n) is 2.31. The Morgan fingerprint density at radius 3 is 2.56 bits per heavy atom. The third-order valence-corrected chi connectivity index (χ3v) is 3.60. The molecule has 0 unspecified atom stereocenters. The second kappa shape index (κ2) is 8.02. The van der Waals surface area contributed by atoms with Gasteiger partial charge in [-0.15, -0.1) is 0 Å². The third kappa shape index (κ3) is 4.72. The molecule has 27 heavy (non-hydrogen) atoms. The van der Waals surface area contributed by atoms with Crippen LogP contribution in [0.5, 0.6) is 0 Å². The maximum absolute atomic E-state index is 13.3. The van der Waals surface area contributed by atoms with E-state index in [-0.39, 0.29) is 24.3 Å². The molecular formula is C17H16F3N3O4. The number of carbonyl (C=O) groups is 2. The van der Waals surface area contributed by atoms with E-state index in [1.54, 1.807) is 0 Å². The first kappa shape index (κ1) is 20.1. The zero-order valence-corrected chi connectivity index (χ0v) is 14.5. The van der Waals surface area contributed by atoms with E-state index in [1.165, 1.54) is 32.2 Å². The molecule has 0 aliphatic heterocycles. The van der Waals surface area contributed by atoms with Gasteiger partial charge in [0.05, 0.1) is 24.8 Å². The Kier molecular flexibility index (Phi) is 5.98. The standard InChI is InChI=1S/C17H16F3N3O4/c1-10-9-13(24)15(16(26)21-8-7-14(25)27-2)22-23(10)12-6-4-3-5-11(12)17(18,19)20/h3-6,9H,7-8H2,1-2H3,(H,21,26). The van der Waals surface area contributed by atoms with Gasteiger partial charge >= 0.3 is 12.1 Å². The maximum atomic E-state index is 13.3. The molecule has 0 spiro atoms. The molecule has 2 rings (SSSR count). The summed E-state index contributed by atoms with van der Waals surface area (Å²) in [6, 6.07) is 5.71. The molecule has 1 heterocycles. The number of carbonyl (C=O) groups excluding carboxylic acids is 2. The summed E-state index contributed by atoms with van der Waals surface area (Å²) in [5.74, 6) is -1.47. The zero-order valence-electron chi connectivity index (χ0n) is 14.5. The minimum Gasteiger partial charge on any atom is -0.469 e. The fraction of sp³-hybridized carbons (Fsp3) is 0.294. The van der Waals surface area contributed by atoms with Gasteiger partial charge in [-0.2, -0.15) is 18.3 Å². The van der Waals surface area contributed by atoms with E-state index >= 15 is 0 Å². The Morgan fingerprint density at radius 1 is 1.26 bits per heavy atom. The van der Waals surface area contributed by atoms with Crippen molar-refractivity contribution in [2.24, 2.45) is 0 Å². The minimum atomic E-state index is -4.64. The molecule has 0 fully saturated rings. The van der Waals surface area contributed by atoms with E-state index < -0.39 is 34.7 Å². The van der Waals surface area contributed by atoms with Crippen LogP contribution in [0.1, 0.15) is 28.2 Å². The lowest BCUT2D eigenvalue weighted by molar-refractivity contribution is -0.140. The number of hydrogen-bond donors (Lipinski definition) is 1. The van der Waals surface area contributed by atoms with Crippen LogP contribution in [0.3, 0.4) is 0 Å². The second-order valence-electron chi connectivity index (χ2n) is 5.51. The summed E-state index contributed by atoms with van der Waals surface area (Å²) in [6.45, 7) is 1.29. The van der Waals surface area contributed by atoms with E-state index in [0.717, 1.165) is 16.8 Å². The van der Waals surface area contributed by atoms with Crippen molar-refractivity contribution in [2.45, 2.75) is 19.5 Å². The summed E-state index contributed by atoms with van der Waals surface area (Å²) in [5.41, 5.74) is -2.47. The number of para-hydroxylation sites is 1. The largest absolute Gasteiger partial charge is 0.469 e. The Morgan fingerprint density at radius 2 is 1.93 bits per heavy atom. The molecule has 0 bridgehead atoms. The highest BCUT2D eigenvalue weighted by atomic mass is 19.4. The van der Waals surface area contributed by atoms with Gasteiger partial charge in [0, 0.05) is 18.3 Å². The number of halogens is 3. The number of nitrogens with one attached hydrogen (secondary N) is 1. The lowest BCUT2D eigenvalue weighted by atomic mass is 10.1. The molecule has 1 N–H and O–H groups in total. The number of rotatable bonds is 5. The van der Waals surface area contributed by atoms with Crippen molar-refractivity contribution in [3.63, 3.8) is 0 Å². The van der Waals surface area contributed by atoms with Gasteiger partial charge in [0.15, 0.2) is 5.69 Å². The summed E-state index contributed by atoms with van der Waals surface area (Å²) >= 11 is 0. The summed E-state index contributed by atoms with van der Waals surface area (Å²) in [4.78, 5) is 35.3. The lowest BCUT2D eigenvalue weighted by Crippen LogP contribution is -2.33. The van der Waals surface area contributed by atoms with Crippen molar-refractivity contribution in [3.8, 4) is 5.69 Å². The normalized spacial score (nSPS) is 11.1. The highest BCUT2D eigenvalue weighted by Crippen LogP contribution is 2.33. The molecule has 0 saturated carbocycles. The number of esters is 1. The number of amides is 1. The number of alkyl halides is 3. The topological polar surface area (TPSA) is 90.3 Å². The molecule has 0 saturated heterocycles. The average Bonchev–Trinajstić information content (AvgIpc) is 2.60. The van der Waals surface area contributed by atoms with Crippen LogP contribution >= 0.6 is 0 Å². The first-order valence-corrected chi connectivity index (χ1v) is 7.77. The van der Waals surface area contributed by atoms with Gasteiger partial charge in [0.1, 0.15) is 0 Å². The summed E-state index contributed by atoms with van der Waals surface area (Å²) in [5, 5.41) is 6.12. The number of benzene rings is 1. The quantitative estimate of drug-likeness (QED) is 0.796. The summed E-state index contributed by atoms with van der Waals surface area (Å²) in [6.07, 6.45) is -4.77. The number of nitrogens with zero attached hydrogens (tertiary/aromatic N) is 2. The Labute approximate surface area is 151 Å². The Bertz CT molecular complexity index is 922. The van der Waals surface area contributed by atoms with Gasteiger partial charge in [-0.05, 0) is 19.1 Å². The van der Waals surface area contributed by atoms with Gasteiger partial charge in [-0.3, -0.25) is 14.4 Å². The number of hydrogen-bond acceptors (Lipinski definition) is 5. The van der Waals surface area contributed by atoms with Crippen LogP contribution in [0.15, 0.2) is 35.1 Å². The van der Waals surface area contributed by atoms with E-state index in [0.29, 0.717) is 0 Å². The van der Waals surface area contributed by atoms with Crippen LogP contribution in [-0.4, -0.2) is 35.3 Å². The van der Waals surface area contributed by atoms with Crippen molar-refractivity contribution in [1.29, 1.82) is 0 Å². The number of aromatic nitrogens is 2. The van der Waals surface area contributed by atoms with Crippen LogP contribution in [-0.2, 0) is 15.7 Å². The van der Waals surface area contributed by atoms with E-state index in [2.05, 4.69) is 15.2 Å². The number of ether oxygens (including phenoxy) is 1. The van der Waals surface area contributed by atoms with Crippen LogP contribution in [0.25, 0.3) is 5.69 Å². The van der Waals surface area contributed by atoms with Crippen LogP contribution in [0.2, 0.25) is 0 Å². The molecule has 0 atom stereocenters. The van der Waals surface area contributed by atoms with Crippen LogP contribution in [0, 0.1) is 6.92 Å².